The van der Waals surface area contributed by atoms with Crippen LogP contribution in [0.1, 0.15) is 50.8 Å². The molecule has 10 unspecified atom stereocenters. The number of carbonyl (C=O) groups excluding carboxylic acids is 4. The van der Waals surface area contributed by atoms with E-state index in [4.69, 9.17) is 18.9 Å². The molecule has 0 bridgehead atoms. The fourth-order valence-corrected chi connectivity index (χ4v) is 10.4. The first kappa shape index (κ1) is 38.5. The van der Waals surface area contributed by atoms with Gasteiger partial charge in [-0.05, 0) is 47.4 Å². The number of epoxide rings is 1. The molecule has 8 rings (SSSR count). The average Bonchev–Trinajstić information content (AvgIpc) is 4.01. The Morgan fingerprint density at radius 1 is 0.789 bits per heavy atom. The van der Waals surface area contributed by atoms with Crippen molar-refractivity contribution < 1.29 is 48.3 Å². The summed E-state index contributed by atoms with van der Waals surface area (Å²) < 4.78 is 25.0. The highest BCUT2D eigenvalue weighted by atomic mass is 16.6. The Hall–Kier alpha value is -5.42. The van der Waals surface area contributed by atoms with Gasteiger partial charge in [-0.15, -0.1) is 0 Å². The van der Waals surface area contributed by atoms with Crippen molar-refractivity contribution in [1.29, 1.82) is 0 Å². The first-order valence-electron chi connectivity index (χ1n) is 19.3. The number of esters is 3. The van der Waals surface area contributed by atoms with Gasteiger partial charge in [0.1, 0.15) is 23.9 Å². The molecule has 1 aliphatic heterocycles. The van der Waals surface area contributed by atoms with Crippen LogP contribution in [0.4, 0.5) is 0 Å². The van der Waals surface area contributed by atoms with Crippen LogP contribution in [-0.2, 0) is 38.1 Å². The Bertz CT molecular complexity index is 2210. The van der Waals surface area contributed by atoms with Crippen molar-refractivity contribution in [1.82, 2.24) is 0 Å². The molecule has 2 N–H and O–H groups in total. The lowest BCUT2D eigenvalue weighted by molar-refractivity contribution is -0.235. The summed E-state index contributed by atoms with van der Waals surface area (Å²) in [5.41, 5.74) is -5.20. The number of benzene rings is 3. The van der Waals surface area contributed by atoms with E-state index in [2.05, 4.69) is 0 Å². The van der Waals surface area contributed by atoms with Crippen molar-refractivity contribution in [2.75, 3.05) is 6.61 Å². The van der Waals surface area contributed by atoms with E-state index in [9.17, 15) is 29.4 Å². The van der Waals surface area contributed by atoms with Gasteiger partial charge in [0.2, 0.25) is 0 Å². The molecule has 3 aromatic rings. The maximum Gasteiger partial charge on any atom is 0.331 e. The Morgan fingerprint density at radius 2 is 1.30 bits per heavy atom. The van der Waals surface area contributed by atoms with E-state index in [0.717, 1.165) is 16.7 Å². The predicted molar refractivity (Wildman–Crippen MR) is 210 cm³/mol. The van der Waals surface area contributed by atoms with E-state index < -0.39 is 87.4 Å². The second-order valence-electron chi connectivity index (χ2n) is 16.7. The van der Waals surface area contributed by atoms with Gasteiger partial charge in [0, 0.05) is 53.7 Å². The topological polar surface area (TPSA) is 149 Å². The normalized spacial score (nSPS) is 35.7. The molecular weight excluding hydrogens is 725 g/mol. The van der Waals surface area contributed by atoms with Crippen LogP contribution >= 0.6 is 0 Å². The molecule has 57 heavy (non-hydrogen) atoms. The third-order valence-electron chi connectivity index (χ3n) is 13.2. The molecule has 0 aromatic heterocycles. The van der Waals surface area contributed by atoms with Crippen molar-refractivity contribution in [2.45, 2.75) is 68.7 Å². The molecule has 10 heteroatoms. The summed E-state index contributed by atoms with van der Waals surface area (Å²) in [4.78, 5) is 54.6. The third-order valence-corrected chi connectivity index (χ3v) is 13.2. The highest BCUT2D eigenvalue weighted by Gasteiger charge is 2.92. The van der Waals surface area contributed by atoms with Crippen molar-refractivity contribution in [3.05, 3.63) is 138 Å². The molecule has 0 spiro atoms. The Morgan fingerprint density at radius 3 is 1.84 bits per heavy atom. The van der Waals surface area contributed by atoms with Gasteiger partial charge in [-0.25, -0.2) is 14.4 Å². The Kier molecular flexibility index (Phi) is 9.38. The van der Waals surface area contributed by atoms with Crippen molar-refractivity contribution >= 4 is 41.9 Å². The van der Waals surface area contributed by atoms with Crippen LogP contribution in [0.2, 0.25) is 0 Å². The first-order valence-corrected chi connectivity index (χ1v) is 19.3. The van der Waals surface area contributed by atoms with Gasteiger partial charge in [-0.2, -0.15) is 0 Å². The van der Waals surface area contributed by atoms with Crippen LogP contribution in [0.25, 0.3) is 18.2 Å². The standard InChI is InChI=1S/C47H46O10/c1-29-26-34-45(52,40(29)51)27-44(28-54-35(48)23-20-31-14-8-5-9-15-31)42(57-44)38-39-43(3,4)47(39,56-37(50)25-22-33-18-12-7-13-19-33)41(30(2)46(34,38)53)55-36(49)24-21-32-16-10-6-11-17-32/h5-26,30,34,38-39,41-42,52-53H,27-28H2,1-4H3. The van der Waals surface area contributed by atoms with Gasteiger partial charge < -0.3 is 29.2 Å². The molecule has 1 saturated heterocycles. The monoisotopic (exact) mass is 770 g/mol. The minimum absolute atomic E-state index is 0.257. The molecule has 5 aliphatic rings. The number of carbonyl (C=O) groups is 4. The van der Waals surface area contributed by atoms with Crippen molar-refractivity contribution in [3.63, 3.8) is 0 Å². The van der Waals surface area contributed by atoms with Crippen molar-refractivity contribution in [3.8, 4) is 0 Å². The second-order valence-corrected chi connectivity index (χ2v) is 16.7. The zero-order chi connectivity index (χ0) is 40.4. The van der Waals surface area contributed by atoms with Crippen LogP contribution in [0.15, 0.2) is 121 Å². The fraction of sp³-hybridized carbons (Fsp3) is 0.362. The maximum absolute atomic E-state index is 14.0. The second kappa shape index (κ2) is 13.9. The number of aliphatic hydroxyl groups is 2. The van der Waals surface area contributed by atoms with E-state index in [0.29, 0.717) is 0 Å². The van der Waals surface area contributed by atoms with E-state index in [-0.39, 0.29) is 18.6 Å². The molecular formula is C47H46O10. The summed E-state index contributed by atoms with van der Waals surface area (Å²) in [6.07, 6.45) is 8.07. The number of rotatable bonds is 10. The van der Waals surface area contributed by atoms with E-state index in [1.165, 1.54) is 18.2 Å². The van der Waals surface area contributed by atoms with E-state index in [1.807, 2.05) is 105 Å². The SMILES string of the molecule is CC1=CC2C(O)(CC3(COC(=O)C=Cc4ccccc4)OC3C3C4C(C)(C)C4(OC(=O)C=Cc4ccccc4)C(OC(=O)C=Cc4ccccc4)C(C)C32O)C1=O. The molecule has 4 fully saturated rings. The van der Waals surface area contributed by atoms with Crippen LogP contribution in [0.5, 0.6) is 0 Å². The van der Waals surface area contributed by atoms with Gasteiger partial charge in [0.05, 0.1) is 11.7 Å². The summed E-state index contributed by atoms with van der Waals surface area (Å²) in [5, 5.41) is 25.9. The number of Topliss-reactive ketones (excluding diaryl/α,β-unsaturated/α-hetero) is 1. The molecule has 0 amide bonds. The molecule has 10 atom stereocenters. The molecule has 294 valence electrons. The summed E-state index contributed by atoms with van der Waals surface area (Å²) in [5.74, 6) is -6.33. The summed E-state index contributed by atoms with van der Waals surface area (Å²) in [6, 6.07) is 27.7. The van der Waals surface area contributed by atoms with E-state index in [1.54, 1.807) is 38.2 Å². The fourth-order valence-electron chi connectivity index (χ4n) is 10.4. The van der Waals surface area contributed by atoms with E-state index >= 15 is 0 Å². The lowest BCUT2D eigenvalue weighted by atomic mass is 9.58. The number of ketones is 1. The lowest BCUT2D eigenvalue weighted by Gasteiger charge is -2.53. The highest BCUT2D eigenvalue weighted by Crippen LogP contribution is 2.80. The Labute approximate surface area is 331 Å². The smallest absolute Gasteiger partial charge is 0.331 e. The molecule has 10 nitrogen and oxygen atoms in total. The quantitative estimate of drug-likeness (QED) is 0.110. The predicted octanol–water partition coefficient (Wildman–Crippen LogP) is 5.93. The summed E-state index contributed by atoms with van der Waals surface area (Å²) in [7, 11) is 0. The zero-order valence-corrected chi connectivity index (χ0v) is 32.2. The molecule has 1 heterocycles. The van der Waals surface area contributed by atoms with Crippen LogP contribution in [0, 0.1) is 29.1 Å². The number of hydrogen-bond acceptors (Lipinski definition) is 10. The molecule has 3 aromatic carbocycles. The first-order chi connectivity index (χ1) is 27.2. The summed E-state index contributed by atoms with van der Waals surface area (Å²) in [6.45, 7) is 6.76. The van der Waals surface area contributed by atoms with Gasteiger partial charge in [-0.1, -0.05) is 118 Å². The number of ether oxygens (including phenoxy) is 4. The van der Waals surface area contributed by atoms with Gasteiger partial charge >= 0.3 is 17.9 Å². The van der Waals surface area contributed by atoms with Crippen LogP contribution in [0.3, 0.4) is 0 Å². The van der Waals surface area contributed by atoms with Crippen LogP contribution < -0.4 is 0 Å². The van der Waals surface area contributed by atoms with Gasteiger partial charge in [-0.3, -0.25) is 4.79 Å². The van der Waals surface area contributed by atoms with Crippen LogP contribution in [-0.4, -0.2) is 75.1 Å². The average molecular weight is 771 g/mol. The number of fused-ring (bicyclic) bond motifs is 7. The van der Waals surface area contributed by atoms with Gasteiger partial charge in [0.15, 0.2) is 11.4 Å². The molecule has 3 saturated carbocycles. The lowest BCUT2D eigenvalue weighted by Crippen LogP contribution is -2.67. The largest absolute Gasteiger partial charge is 0.459 e. The zero-order valence-electron chi connectivity index (χ0n) is 32.2. The number of hydrogen-bond donors (Lipinski definition) is 2. The third kappa shape index (κ3) is 6.22. The minimum Gasteiger partial charge on any atom is -0.459 e. The summed E-state index contributed by atoms with van der Waals surface area (Å²) >= 11 is 0. The van der Waals surface area contributed by atoms with Crippen molar-refractivity contribution in [2.24, 2.45) is 29.1 Å². The molecule has 0 radical (unpaired) electrons. The highest BCUT2D eigenvalue weighted by molar-refractivity contribution is 6.05. The molecule has 4 aliphatic carbocycles. The minimum atomic E-state index is -2.14. The Balaban J connectivity index is 1.18. The van der Waals surface area contributed by atoms with Gasteiger partial charge in [0.25, 0.3) is 0 Å². The maximum atomic E-state index is 14.0.